The van der Waals surface area contributed by atoms with E-state index in [9.17, 15) is 0 Å². The van der Waals surface area contributed by atoms with Crippen LogP contribution in [0.4, 0.5) is 0 Å². The van der Waals surface area contributed by atoms with E-state index >= 15 is 0 Å². The highest BCUT2D eigenvalue weighted by atomic mass is 16.5. The number of rotatable bonds is 5. The average Bonchev–Trinajstić information content (AvgIpc) is 2.28. The molecule has 0 saturated carbocycles. The Morgan fingerprint density at radius 1 is 1.40 bits per heavy atom. The minimum absolute atomic E-state index is 0.00908. The van der Waals surface area contributed by atoms with Gasteiger partial charge >= 0.3 is 0 Å². The maximum Gasteiger partial charge on any atom is 0.212 e. The predicted molar refractivity (Wildman–Crippen MR) is 60.6 cm³/mol. The fourth-order valence-corrected chi connectivity index (χ4v) is 1.47. The third kappa shape index (κ3) is 3.18. The summed E-state index contributed by atoms with van der Waals surface area (Å²) in [6.07, 6.45) is 3.69. The standard InChI is InChI=1S/C11H19N3O/c1-3-4-9(12)11(13)8-5-6-10(15-2)14-7-8/h5-7,9,11H,3-4,12-13H2,1-2H3. The van der Waals surface area contributed by atoms with E-state index in [0.717, 1.165) is 18.4 Å². The van der Waals surface area contributed by atoms with E-state index in [0.29, 0.717) is 5.88 Å². The molecule has 1 aromatic rings. The average molecular weight is 209 g/mol. The molecule has 15 heavy (non-hydrogen) atoms. The van der Waals surface area contributed by atoms with Crippen LogP contribution in [0, 0.1) is 0 Å². The van der Waals surface area contributed by atoms with Crippen LogP contribution in [0.15, 0.2) is 18.3 Å². The van der Waals surface area contributed by atoms with Gasteiger partial charge in [0.15, 0.2) is 0 Å². The van der Waals surface area contributed by atoms with Crippen LogP contribution in [-0.2, 0) is 0 Å². The first kappa shape index (κ1) is 11.9. The Morgan fingerprint density at radius 2 is 2.13 bits per heavy atom. The highest BCUT2D eigenvalue weighted by Crippen LogP contribution is 2.17. The van der Waals surface area contributed by atoms with Gasteiger partial charge in [-0.3, -0.25) is 0 Å². The summed E-state index contributed by atoms with van der Waals surface area (Å²) < 4.78 is 4.97. The molecule has 4 N–H and O–H groups in total. The van der Waals surface area contributed by atoms with E-state index in [2.05, 4.69) is 11.9 Å². The quantitative estimate of drug-likeness (QED) is 0.764. The minimum Gasteiger partial charge on any atom is -0.481 e. The summed E-state index contributed by atoms with van der Waals surface area (Å²) in [5.41, 5.74) is 12.9. The summed E-state index contributed by atoms with van der Waals surface area (Å²) in [5.74, 6) is 0.593. The Hall–Kier alpha value is -1.13. The number of nitrogens with zero attached hydrogens (tertiary/aromatic N) is 1. The van der Waals surface area contributed by atoms with Crippen molar-refractivity contribution in [3.05, 3.63) is 23.9 Å². The molecule has 1 rings (SSSR count). The number of methoxy groups -OCH3 is 1. The van der Waals surface area contributed by atoms with Crippen LogP contribution in [0.25, 0.3) is 0 Å². The van der Waals surface area contributed by atoms with Gasteiger partial charge in [0.1, 0.15) is 0 Å². The molecule has 1 heterocycles. The normalized spacial score (nSPS) is 14.7. The van der Waals surface area contributed by atoms with Crippen LogP contribution < -0.4 is 16.2 Å². The van der Waals surface area contributed by atoms with Crippen LogP contribution in [0.2, 0.25) is 0 Å². The third-order valence-electron chi connectivity index (χ3n) is 2.44. The van der Waals surface area contributed by atoms with E-state index in [4.69, 9.17) is 16.2 Å². The monoisotopic (exact) mass is 209 g/mol. The molecule has 0 aromatic carbocycles. The van der Waals surface area contributed by atoms with E-state index in [-0.39, 0.29) is 12.1 Å². The van der Waals surface area contributed by atoms with Crippen LogP contribution >= 0.6 is 0 Å². The second-order valence-corrected chi connectivity index (χ2v) is 3.61. The number of hydrogen-bond acceptors (Lipinski definition) is 4. The molecule has 0 spiro atoms. The van der Waals surface area contributed by atoms with Crippen molar-refractivity contribution in [3.63, 3.8) is 0 Å². The lowest BCUT2D eigenvalue weighted by atomic mass is 9.99. The minimum atomic E-state index is -0.150. The largest absolute Gasteiger partial charge is 0.481 e. The summed E-state index contributed by atoms with van der Waals surface area (Å²) in [6, 6.07) is 3.55. The summed E-state index contributed by atoms with van der Waals surface area (Å²) in [7, 11) is 1.59. The van der Waals surface area contributed by atoms with Gasteiger partial charge in [0.05, 0.1) is 7.11 Å². The second-order valence-electron chi connectivity index (χ2n) is 3.61. The third-order valence-corrected chi connectivity index (χ3v) is 2.44. The Morgan fingerprint density at radius 3 is 2.60 bits per heavy atom. The molecule has 0 amide bonds. The number of pyridine rings is 1. The first-order chi connectivity index (χ1) is 7.19. The molecule has 2 atom stereocenters. The number of ether oxygens (including phenoxy) is 1. The first-order valence-electron chi connectivity index (χ1n) is 5.20. The molecule has 0 aliphatic rings. The van der Waals surface area contributed by atoms with Gasteiger partial charge in [-0.15, -0.1) is 0 Å². The molecule has 0 fully saturated rings. The Kier molecular flexibility index (Phi) is 4.52. The molecule has 84 valence electrons. The Bertz CT molecular complexity index is 286. The lowest BCUT2D eigenvalue weighted by Crippen LogP contribution is -2.33. The van der Waals surface area contributed by atoms with Crippen molar-refractivity contribution in [2.24, 2.45) is 11.5 Å². The zero-order chi connectivity index (χ0) is 11.3. The van der Waals surface area contributed by atoms with Crippen molar-refractivity contribution in [1.82, 2.24) is 4.98 Å². The molecule has 1 aromatic heterocycles. The fraction of sp³-hybridized carbons (Fsp3) is 0.545. The summed E-state index contributed by atoms with van der Waals surface area (Å²) in [4.78, 5) is 4.10. The van der Waals surface area contributed by atoms with Gasteiger partial charge in [0.25, 0.3) is 0 Å². The van der Waals surface area contributed by atoms with Gasteiger partial charge in [-0.2, -0.15) is 0 Å². The van der Waals surface area contributed by atoms with Crippen molar-refractivity contribution in [3.8, 4) is 5.88 Å². The summed E-state index contributed by atoms with van der Waals surface area (Å²) in [5, 5.41) is 0. The van der Waals surface area contributed by atoms with E-state index in [1.54, 1.807) is 19.4 Å². The predicted octanol–water partition coefficient (Wildman–Crippen LogP) is 1.22. The molecule has 0 bridgehead atoms. The summed E-state index contributed by atoms with van der Waals surface area (Å²) >= 11 is 0. The molecule has 0 radical (unpaired) electrons. The first-order valence-corrected chi connectivity index (χ1v) is 5.20. The van der Waals surface area contributed by atoms with Crippen molar-refractivity contribution >= 4 is 0 Å². The zero-order valence-corrected chi connectivity index (χ0v) is 9.31. The highest BCUT2D eigenvalue weighted by Gasteiger charge is 2.14. The zero-order valence-electron chi connectivity index (χ0n) is 9.31. The molecule has 4 nitrogen and oxygen atoms in total. The molecule has 0 saturated heterocycles. The van der Waals surface area contributed by atoms with Crippen molar-refractivity contribution in [2.75, 3.05) is 7.11 Å². The van der Waals surface area contributed by atoms with Crippen molar-refractivity contribution < 1.29 is 4.74 Å². The van der Waals surface area contributed by atoms with Gasteiger partial charge in [-0.05, 0) is 12.0 Å². The highest BCUT2D eigenvalue weighted by molar-refractivity contribution is 5.21. The molecular formula is C11H19N3O. The Labute approximate surface area is 90.6 Å². The molecule has 0 aliphatic heterocycles. The van der Waals surface area contributed by atoms with Crippen molar-refractivity contribution in [1.29, 1.82) is 0 Å². The maximum atomic E-state index is 6.01. The molecule has 2 unspecified atom stereocenters. The fourth-order valence-electron chi connectivity index (χ4n) is 1.47. The number of nitrogens with two attached hydrogens (primary N) is 2. The van der Waals surface area contributed by atoms with Gasteiger partial charge in [0, 0.05) is 24.3 Å². The van der Waals surface area contributed by atoms with Gasteiger partial charge in [-0.25, -0.2) is 4.98 Å². The molecule has 4 heteroatoms. The van der Waals surface area contributed by atoms with Crippen molar-refractivity contribution in [2.45, 2.75) is 31.8 Å². The van der Waals surface area contributed by atoms with Gasteiger partial charge in [-0.1, -0.05) is 19.4 Å². The molecule has 0 aliphatic carbocycles. The number of hydrogen-bond donors (Lipinski definition) is 2. The SMILES string of the molecule is CCCC(N)C(N)c1ccc(OC)nc1. The van der Waals surface area contributed by atoms with Crippen LogP contribution in [0.5, 0.6) is 5.88 Å². The second kappa shape index (κ2) is 5.68. The van der Waals surface area contributed by atoms with Gasteiger partial charge in [0.2, 0.25) is 5.88 Å². The topological polar surface area (TPSA) is 74.2 Å². The maximum absolute atomic E-state index is 6.01. The van der Waals surface area contributed by atoms with Gasteiger partial charge < -0.3 is 16.2 Å². The lowest BCUT2D eigenvalue weighted by molar-refractivity contribution is 0.397. The van der Waals surface area contributed by atoms with E-state index in [1.807, 2.05) is 6.07 Å². The lowest BCUT2D eigenvalue weighted by Gasteiger charge is -2.19. The number of aromatic nitrogens is 1. The van der Waals surface area contributed by atoms with E-state index < -0.39 is 0 Å². The van der Waals surface area contributed by atoms with E-state index in [1.165, 1.54) is 0 Å². The van der Waals surface area contributed by atoms with Crippen LogP contribution in [0.3, 0.4) is 0 Å². The Balaban J connectivity index is 2.69. The van der Waals surface area contributed by atoms with Crippen LogP contribution in [-0.4, -0.2) is 18.1 Å². The smallest absolute Gasteiger partial charge is 0.212 e. The van der Waals surface area contributed by atoms with Crippen LogP contribution in [0.1, 0.15) is 31.4 Å². The molecular weight excluding hydrogens is 190 g/mol. The summed E-state index contributed by atoms with van der Waals surface area (Å²) in [6.45, 7) is 2.10.